The van der Waals surface area contributed by atoms with Crippen LogP contribution in [0.3, 0.4) is 0 Å². The number of rotatable bonds is 3. The molecule has 0 aliphatic rings. The van der Waals surface area contributed by atoms with E-state index in [4.69, 9.17) is 5.73 Å². The van der Waals surface area contributed by atoms with E-state index in [-0.39, 0.29) is 0 Å². The molecule has 15 heavy (non-hydrogen) atoms. The first-order valence-corrected chi connectivity index (χ1v) is 4.56. The minimum absolute atomic E-state index is 0.417. The summed E-state index contributed by atoms with van der Waals surface area (Å²) in [6, 6.07) is 9.62. The number of benzene rings is 1. The van der Waals surface area contributed by atoms with E-state index in [1.807, 2.05) is 30.3 Å². The van der Waals surface area contributed by atoms with E-state index in [2.05, 4.69) is 20.2 Å². The van der Waals surface area contributed by atoms with E-state index < -0.39 is 0 Å². The molecule has 0 radical (unpaired) electrons. The highest BCUT2D eigenvalue weighted by atomic mass is 15.2. The normalized spacial score (nSPS) is 11.6. The van der Waals surface area contributed by atoms with Crippen LogP contribution >= 0.6 is 0 Å². The highest BCUT2D eigenvalue weighted by Gasteiger charge is 1.97. The van der Waals surface area contributed by atoms with Gasteiger partial charge in [-0.2, -0.15) is 5.10 Å². The molecule has 76 valence electrons. The fourth-order valence-corrected chi connectivity index (χ4v) is 1.17. The van der Waals surface area contributed by atoms with Gasteiger partial charge in [-0.3, -0.25) is 10.1 Å². The maximum absolute atomic E-state index is 5.80. The van der Waals surface area contributed by atoms with Gasteiger partial charge >= 0.3 is 0 Å². The summed E-state index contributed by atoms with van der Waals surface area (Å²) < 4.78 is 0. The topological polar surface area (TPSA) is 79.9 Å². The molecule has 5 nitrogen and oxygen atoms in total. The molecule has 0 amide bonds. The highest BCUT2D eigenvalue weighted by molar-refractivity contribution is 5.97. The predicted octanol–water partition coefficient (Wildman–Crippen LogP) is 0.710. The fraction of sp³-hybridized carbons (Fsp3) is 0.100. The van der Waals surface area contributed by atoms with Gasteiger partial charge in [0.2, 0.25) is 0 Å². The minimum atomic E-state index is 0.417. The zero-order chi connectivity index (χ0) is 10.5. The number of amidine groups is 1. The summed E-state index contributed by atoms with van der Waals surface area (Å²) in [6.45, 7) is 0.417. The second-order valence-corrected chi connectivity index (χ2v) is 3.00. The third kappa shape index (κ3) is 2.40. The van der Waals surface area contributed by atoms with Crippen molar-refractivity contribution in [3.05, 3.63) is 48.0 Å². The monoisotopic (exact) mass is 201 g/mol. The molecular formula is C10H11N5. The van der Waals surface area contributed by atoms with Crippen molar-refractivity contribution >= 4 is 5.84 Å². The van der Waals surface area contributed by atoms with Gasteiger partial charge in [-0.05, 0) is 0 Å². The molecule has 0 spiro atoms. The summed E-state index contributed by atoms with van der Waals surface area (Å²) in [4.78, 5) is 8.15. The third-order valence-electron chi connectivity index (χ3n) is 1.93. The van der Waals surface area contributed by atoms with Gasteiger partial charge in [0.25, 0.3) is 0 Å². The standard InChI is InChI=1S/C10H11N5/c11-10(8-4-2-1-3-5-8)12-6-9-13-7-14-15-9/h1-5,7H,6H2,(H2,11,12)(H,13,14,15). The lowest BCUT2D eigenvalue weighted by atomic mass is 10.2. The number of H-pyrrole nitrogens is 1. The number of aliphatic imine (C=N–C) groups is 1. The SMILES string of the molecule is NC(=NCc1ncn[nH]1)c1ccccc1. The summed E-state index contributed by atoms with van der Waals surface area (Å²) in [6.07, 6.45) is 1.45. The molecule has 0 aliphatic heterocycles. The average Bonchev–Trinajstić information content (AvgIpc) is 2.80. The lowest BCUT2D eigenvalue weighted by Crippen LogP contribution is -2.13. The van der Waals surface area contributed by atoms with Gasteiger partial charge in [-0.25, -0.2) is 4.98 Å². The van der Waals surface area contributed by atoms with E-state index >= 15 is 0 Å². The molecule has 0 fully saturated rings. The van der Waals surface area contributed by atoms with Crippen LogP contribution in [0, 0.1) is 0 Å². The molecule has 0 atom stereocenters. The molecule has 1 heterocycles. The minimum Gasteiger partial charge on any atom is -0.383 e. The number of hydrogen-bond acceptors (Lipinski definition) is 3. The Hall–Kier alpha value is -2.17. The molecule has 0 aliphatic carbocycles. The predicted molar refractivity (Wildman–Crippen MR) is 57.3 cm³/mol. The van der Waals surface area contributed by atoms with Crippen LogP contribution in [-0.4, -0.2) is 21.0 Å². The Kier molecular flexibility index (Phi) is 2.73. The molecule has 0 saturated carbocycles. The summed E-state index contributed by atoms with van der Waals surface area (Å²) in [5, 5.41) is 6.45. The Bertz CT molecular complexity index is 432. The van der Waals surface area contributed by atoms with Crippen molar-refractivity contribution in [3.63, 3.8) is 0 Å². The molecule has 3 N–H and O–H groups in total. The van der Waals surface area contributed by atoms with Gasteiger partial charge in [-0.1, -0.05) is 30.3 Å². The summed E-state index contributed by atoms with van der Waals surface area (Å²) >= 11 is 0. The zero-order valence-electron chi connectivity index (χ0n) is 8.09. The van der Waals surface area contributed by atoms with Crippen LogP contribution in [0.1, 0.15) is 11.4 Å². The Morgan fingerprint density at radius 2 is 2.13 bits per heavy atom. The number of hydrogen-bond donors (Lipinski definition) is 2. The Morgan fingerprint density at radius 1 is 1.33 bits per heavy atom. The third-order valence-corrected chi connectivity index (χ3v) is 1.93. The first-order chi connectivity index (χ1) is 7.36. The smallest absolute Gasteiger partial charge is 0.145 e. The molecule has 5 heteroatoms. The van der Waals surface area contributed by atoms with Crippen molar-refractivity contribution in [2.75, 3.05) is 0 Å². The van der Waals surface area contributed by atoms with Gasteiger partial charge in [0.15, 0.2) is 0 Å². The molecule has 2 aromatic rings. The molecule has 1 aromatic carbocycles. The first kappa shape index (κ1) is 9.39. The Labute approximate surface area is 87.1 Å². The van der Waals surface area contributed by atoms with Gasteiger partial charge in [0, 0.05) is 5.56 Å². The van der Waals surface area contributed by atoms with Crippen molar-refractivity contribution in [2.24, 2.45) is 10.7 Å². The van der Waals surface area contributed by atoms with Gasteiger partial charge in [0.1, 0.15) is 24.5 Å². The second kappa shape index (κ2) is 4.36. The van der Waals surface area contributed by atoms with Crippen LogP contribution in [0.5, 0.6) is 0 Å². The maximum Gasteiger partial charge on any atom is 0.145 e. The summed E-state index contributed by atoms with van der Waals surface area (Å²) in [7, 11) is 0. The van der Waals surface area contributed by atoms with E-state index in [0.29, 0.717) is 18.2 Å². The van der Waals surface area contributed by atoms with Crippen LogP contribution in [-0.2, 0) is 6.54 Å². The second-order valence-electron chi connectivity index (χ2n) is 3.00. The van der Waals surface area contributed by atoms with Gasteiger partial charge in [0.05, 0.1) is 0 Å². The van der Waals surface area contributed by atoms with Crippen LogP contribution in [0.4, 0.5) is 0 Å². The van der Waals surface area contributed by atoms with Crippen molar-refractivity contribution in [1.29, 1.82) is 0 Å². The lowest BCUT2D eigenvalue weighted by molar-refractivity contribution is 0.915. The van der Waals surface area contributed by atoms with E-state index in [1.165, 1.54) is 6.33 Å². The van der Waals surface area contributed by atoms with Crippen LogP contribution < -0.4 is 5.73 Å². The van der Waals surface area contributed by atoms with E-state index in [1.54, 1.807) is 0 Å². The molecule has 0 saturated heterocycles. The Morgan fingerprint density at radius 3 is 2.80 bits per heavy atom. The number of aromatic nitrogens is 3. The molecule has 2 rings (SSSR count). The molecule has 0 unspecified atom stereocenters. The first-order valence-electron chi connectivity index (χ1n) is 4.56. The molecular weight excluding hydrogens is 190 g/mol. The molecule has 1 aromatic heterocycles. The highest BCUT2D eigenvalue weighted by Crippen LogP contribution is 1.99. The fourth-order valence-electron chi connectivity index (χ4n) is 1.17. The van der Waals surface area contributed by atoms with Crippen LogP contribution in [0.2, 0.25) is 0 Å². The van der Waals surface area contributed by atoms with Crippen molar-refractivity contribution in [2.45, 2.75) is 6.54 Å². The number of nitrogens with two attached hydrogens (primary N) is 1. The number of nitrogens with one attached hydrogen (secondary N) is 1. The number of nitrogens with zero attached hydrogens (tertiary/aromatic N) is 3. The van der Waals surface area contributed by atoms with Crippen molar-refractivity contribution < 1.29 is 0 Å². The van der Waals surface area contributed by atoms with E-state index in [9.17, 15) is 0 Å². The lowest BCUT2D eigenvalue weighted by Gasteiger charge is -1.98. The largest absolute Gasteiger partial charge is 0.383 e. The number of aromatic amines is 1. The van der Waals surface area contributed by atoms with Gasteiger partial charge in [-0.15, -0.1) is 0 Å². The quantitative estimate of drug-likeness (QED) is 0.567. The van der Waals surface area contributed by atoms with Crippen LogP contribution in [0.25, 0.3) is 0 Å². The summed E-state index contributed by atoms with van der Waals surface area (Å²) in [5.74, 6) is 1.21. The van der Waals surface area contributed by atoms with Crippen molar-refractivity contribution in [1.82, 2.24) is 15.2 Å². The average molecular weight is 201 g/mol. The maximum atomic E-state index is 5.80. The zero-order valence-corrected chi connectivity index (χ0v) is 8.09. The van der Waals surface area contributed by atoms with E-state index in [0.717, 1.165) is 5.56 Å². The van der Waals surface area contributed by atoms with Crippen molar-refractivity contribution in [3.8, 4) is 0 Å². The Balaban J connectivity index is 2.08. The summed E-state index contributed by atoms with van der Waals surface area (Å²) in [5.41, 5.74) is 6.71. The van der Waals surface area contributed by atoms with Gasteiger partial charge < -0.3 is 5.73 Å². The van der Waals surface area contributed by atoms with Crippen LogP contribution in [0.15, 0.2) is 41.7 Å². The molecule has 0 bridgehead atoms.